The van der Waals surface area contributed by atoms with Crippen LogP contribution in [0, 0.1) is 11.8 Å². The molecule has 0 spiro atoms. The molecule has 2 rings (SSSR count). The summed E-state index contributed by atoms with van der Waals surface area (Å²) < 4.78 is 20.6. The Morgan fingerprint density at radius 1 is 1.14 bits per heavy atom. The van der Waals surface area contributed by atoms with Gasteiger partial charge in [-0.1, -0.05) is 37.3 Å². The second-order valence-electron chi connectivity index (χ2n) is 6.70. The maximum absolute atomic E-state index is 14.5. The van der Waals surface area contributed by atoms with Crippen LogP contribution in [-0.4, -0.2) is 29.6 Å². The van der Waals surface area contributed by atoms with E-state index in [-0.39, 0.29) is 30.7 Å². The van der Waals surface area contributed by atoms with Gasteiger partial charge in [-0.2, -0.15) is 0 Å². The third-order valence-electron chi connectivity index (χ3n) is 4.67. The Kier molecular flexibility index (Phi) is 5.39. The van der Waals surface area contributed by atoms with E-state index in [9.17, 15) is 9.50 Å². The summed E-state index contributed by atoms with van der Waals surface area (Å²) in [6, 6.07) is 10.3. The molecule has 21 heavy (non-hydrogen) atoms. The first-order valence-electron chi connectivity index (χ1n) is 7.92. The van der Waals surface area contributed by atoms with E-state index in [0.29, 0.717) is 6.42 Å². The number of hydrogen-bond acceptors (Lipinski definition) is 2. The summed E-state index contributed by atoms with van der Waals surface area (Å²) in [6.45, 7) is 5.39. The number of halogens is 1. The van der Waals surface area contributed by atoms with Crippen LogP contribution in [0.15, 0.2) is 30.3 Å². The molecule has 0 bridgehead atoms. The number of benzene rings is 1. The highest BCUT2D eigenvalue weighted by Crippen LogP contribution is 2.43. The summed E-state index contributed by atoms with van der Waals surface area (Å²) in [4.78, 5) is 0. The van der Waals surface area contributed by atoms with E-state index in [1.165, 1.54) is 5.56 Å². The van der Waals surface area contributed by atoms with Gasteiger partial charge in [-0.3, -0.25) is 0 Å². The first-order chi connectivity index (χ1) is 9.93. The smallest absolute Gasteiger partial charge is 0.111 e. The maximum Gasteiger partial charge on any atom is 0.111 e. The zero-order chi connectivity index (χ0) is 15.5. The third kappa shape index (κ3) is 4.04. The molecule has 1 N–H and O–H groups in total. The number of aliphatic hydroxyl groups is 1. The lowest BCUT2D eigenvalue weighted by Crippen LogP contribution is -2.37. The average molecular weight is 294 g/mol. The molecule has 0 radical (unpaired) electrons. The molecule has 0 saturated carbocycles. The second kappa shape index (κ2) is 6.89. The van der Waals surface area contributed by atoms with Crippen molar-refractivity contribution in [3.63, 3.8) is 0 Å². The van der Waals surface area contributed by atoms with Crippen molar-refractivity contribution in [2.75, 3.05) is 6.61 Å². The molecule has 2 nitrogen and oxygen atoms in total. The first-order valence-corrected chi connectivity index (χ1v) is 7.92. The molecule has 0 aliphatic carbocycles. The lowest BCUT2D eigenvalue weighted by Gasteiger charge is -2.30. The van der Waals surface area contributed by atoms with Crippen molar-refractivity contribution in [2.45, 2.75) is 57.9 Å². The van der Waals surface area contributed by atoms with E-state index in [4.69, 9.17) is 4.74 Å². The van der Waals surface area contributed by atoms with Crippen LogP contribution in [0.3, 0.4) is 0 Å². The molecule has 4 atom stereocenters. The molecule has 1 aliphatic rings. The molecule has 0 aromatic heterocycles. The quantitative estimate of drug-likeness (QED) is 0.865. The van der Waals surface area contributed by atoms with Crippen molar-refractivity contribution in [1.29, 1.82) is 0 Å². The van der Waals surface area contributed by atoms with Crippen LogP contribution in [0.25, 0.3) is 0 Å². The highest BCUT2D eigenvalue weighted by Gasteiger charge is 2.48. The van der Waals surface area contributed by atoms with Crippen LogP contribution in [0.5, 0.6) is 0 Å². The summed E-state index contributed by atoms with van der Waals surface area (Å²) in [7, 11) is 0. The van der Waals surface area contributed by atoms with Crippen molar-refractivity contribution in [3.8, 4) is 0 Å². The van der Waals surface area contributed by atoms with Crippen LogP contribution < -0.4 is 0 Å². The monoisotopic (exact) mass is 294 g/mol. The van der Waals surface area contributed by atoms with Gasteiger partial charge in [-0.25, -0.2) is 4.39 Å². The van der Waals surface area contributed by atoms with Gasteiger partial charge in [0.1, 0.15) is 5.67 Å². The van der Waals surface area contributed by atoms with Gasteiger partial charge < -0.3 is 9.84 Å². The maximum atomic E-state index is 14.5. The zero-order valence-electron chi connectivity index (χ0n) is 13.3. The lowest BCUT2D eigenvalue weighted by atomic mass is 9.77. The normalized spacial score (nSPS) is 29.8. The van der Waals surface area contributed by atoms with Crippen molar-refractivity contribution in [3.05, 3.63) is 35.9 Å². The second-order valence-corrected chi connectivity index (χ2v) is 6.70. The fourth-order valence-corrected chi connectivity index (χ4v) is 3.73. The number of ether oxygens (including phenoxy) is 1. The van der Waals surface area contributed by atoms with E-state index >= 15 is 0 Å². The molecule has 1 saturated heterocycles. The molecule has 0 unspecified atom stereocenters. The Morgan fingerprint density at radius 2 is 1.81 bits per heavy atom. The van der Waals surface area contributed by atoms with E-state index in [0.717, 1.165) is 12.8 Å². The van der Waals surface area contributed by atoms with Crippen LogP contribution in [0.1, 0.15) is 39.2 Å². The SMILES string of the molecule is C[C@H]1[C@H](C(C)(C)F)[C@@H](CCO)O[C@H]1CCc1ccccc1. The van der Waals surface area contributed by atoms with E-state index in [1.54, 1.807) is 13.8 Å². The largest absolute Gasteiger partial charge is 0.396 e. The van der Waals surface area contributed by atoms with Gasteiger partial charge in [0.25, 0.3) is 0 Å². The van der Waals surface area contributed by atoms with E-state index < -0.39 is 5.67 Å². The van der Waals surface area contributed by atoms with Crippen LogP contribution in [0.2, 0.25) is 0 Å². The third-order valence-corrected chi connectivity index (χ3v) is 4.67. The fourth-order valence-electron chi connectivity index (χ4n) is 3.73. The van der Waals surface area contributed by atoms with Crippen LogP contribution in [0.4, 0.5) is 4.39 Å². The summed E-state index contributed by atoms with van der Waals surface area (Å²) in [5, 5.41) is 9.19. The molecule has 1 aromatic carbocycles. The summed E-state index contributed by atoms with van der Waals surface area (Å²) >= 11 is 0. The van der Waals surface area contributed by atoms with Gasteiger partial charge in [0.2, 0.25) is 0 Å². The molecule has 3 heteroatoms. The Bertz CT molecular complexity index is 427. The minimum absolute atomic E-state index is 0.0510. The van der Waals surface area contributed by atoms with Crippen LogP contribution >= 0.6 is 0 Å². The van der Waals surface area contributed by atoms with Crippen molar-refractivity contribution in [2.24, 2.45) is 11.8 Å². The molecule has 0 amide bonds. The number of rotatable bonds is 6. The highest BCUT2D eigenvalue weighted by atomic mass is 19.1. The van der Waals surface area contributed by atoms with Gasteiger partial charge in [-0.05, 0) is 44.6 Å². The number of hydrogen-bond donors (Lipinski definition) is 1. The lowest BCUT2D eigenvalue weighted by molar-refractivity contribution is -0.00839. The van der Waals surface area contributed by atoms with Gasteiger partial charge in [-0.15, -0.1) is 0 Å². The average Bonchev–Trinajstić information content (AvgIpc) is 2.74. The topological polar surface area (TPSA) is 29.5 Å². The van der Waals surface area contributed by atoms with Gasteiger partial charge in [0.15, 0.2) is 0 Å². The Balaban J connectivity index is 2.01. The molecule has 118 valence electrons. The van der Waals surface area contributed by atoms with Crippen molar-refractivity contribution in [1.82, 2.24) is 0 Å². The molecular weight excluding hydrogens is 267 g/mol. The molecular formula is C18H27FO2. The van der Waals surface area contributed by atoms with E-state index in [1.807, 2.05) is 18.2 Å². The Morgan fingerprint density at radius 3 is 2.38 bits per heavy atom. The van der Waals surface area contributed by atoms with Gasteiger partial charge in [0, 0.05) is 12.5 Å². The predicted molar refractivity (Wildman–Crippen MR) is 83.0 cm³/mol. The minimum atomic E-state index is -1.28. The van der Waals surface area contributed by atoms with Crippen molar-refractivity contribution >= 4 is 0 Å². The molecule has 1 heterocycles. The Hall–Kier alpha value is -0.930. The standard InChI is InChI=1S/C18H27FO2/c1-13-15(10-9-14-7-5-4-6-8-14)21-16(11-12-20)17(13)18(2,3)19/h4-8,13,15-17,20H,9-12H2,1-3H3/t13-,15+,16-,17+/m1/s1. The minimum Gasteiger partial charge on any atom is -0.396 e. The zero-order valence-corrected chi connectivity index (χ0v) is 13.3. The highest BCUT2D eigenvalue weighted by molar-refractivity contribution is 5.15. The molecule has 1 aliphatic heterocycles. The fraction of sp³-hybridized carbons (Fsp3) is 0.667. The number of aliphatic hydroxyl groups excluding tert-OH is 1. The summed E-state index contributed by atoms with van der Waals surface area (Å²) in [5.41, 5.74) is 0.00997. The first kappa shape index (κ1) is 16.4. The van der Waals surface area contributed by atoms with Gasteiger partial charge in [0.05, 0.1) is 12.2 Å². The predicted octanol–water partition coefficient (Wildman–Crippen LogP) is 3.77. The number of alkyl halides is 1. The molecule has 1 fully saturated rings. The summed E-state index contributed by atoms with van der Waals surface area (Å²) in [6.07, 6.45) is 2.26. The van der Waals surface area contributed by atoms with Crippen LogP contribution in [-0.2, 0) is 11.2 Å². The Labute approximate surface area is 127 Å². The van der Waals surface area contributed by atoms with Crippen molar-refractivity contribution < 1.29 is 14.2 Å². The summed E-state index contributed by atoms with van der Waals surface area (Å²) in [5.74, 6) is 0.0238. The van der Waals surface area contributed by atoms with E-state index in [2.05, 4.69) is 19.1 Å². The molecule has 1 aromatic rings. The number of aryl methyl sites for hydroxylation is 1. The van der Waals surface area contributed by atoms with Gasteiger partial charge >= 0.3 is 0 Å².